The summed E-state index contributed by atoms with van der Waals surface area (Å²) in [7, 11) is 2.28. The molecular formula is C20H25N. The van der Waals surface area contributed by atoms with Gasteiger partial charge >= 0.3 is 0 Å². The minimum absolute atomic E-state index is 0.117. The fourth-order valence-electron chi connectivity index (χ4n) is 4.30. The minimum Gasteiger partial charge on any atom is -0.299 e. The Balaban J connectivity index is 2.21. The van der Waals surface area contributed by atoms with Gasteiger partial charge in [0.15, 0.2) is 0 Å². The molecule has 3 rings (SSSR count). The predicted octanol–water partition coefficient (Wildman–Crippen LogP) is 4.48. The van der Waals surface area contributed by atoms with E-state index in [9.17, 15) is 0 Å². The summed E-state index contributed by atoms with van der Waals surface area (Å²) in [6.45, 7) is 4.68. The lowest BCUT2D eigenvalue weighted by atomic mass is 9.68. The normalized spacial score (nSPS) is 25.1. The van der Waals surface area contributed by atoms with Crippen LogP contribution in [0.15, 0.2) is 60.7 Å². The largest absolute Gasteiger partial charge is 0.299 e. The zero-order chi connectivity index (χ0) is 14.9. The molecule has 0 saturated carbocycles. The van der Waals surface area contributed by atoms with E-state index in [2.05, 4.69) is 86.5 Å². The highest BCUT2D eigenvalue weighted by Crippen LogP contribution is 2.48. The fraction of sp³-hybridized carbons (Fsp3) is 0.400. The third-order valence-electron chi connectivity index (χ3n) is 5.34. The van der Waals surface area contributed by atoms with Crippen molar-refractivity contribution in [1.82, 2.24) is 4.90 Å². The van der Waals surface area contributed by atoms with Gasteiger partial charge in [0.05, 0.1) is 0 Å². The molecule has 21 heavy (non-hydrogen) atoms. The lowest BCUT2D eigenvalue weighted by molar-refractivity contribution is 0.224. The van der Waals surface area contributed by atoms with E-state index in [0.717, 1.165) is 0 Å². The van der Waals surface area contributed by atoms with Crippen LogP contribution in [-0.4, -0.2) is 24.0 Å². The molecule has 1 aliphatic heterocycles. The Morgan fingerprint density at radius 3 is 1.86 bits per heavy atom. The second kappa shape index (κ2) is 5.65. The van der Waals surface area contributed by atoms with Gasteiger partial charge in [0.25, 0.3) is 0 Å². The number of hydrogen-bond acceptors (Lipinski definition) is 1. The van der Waals surface area contributed by atoms with E-state index in [4.69, 9.17) is 0 Å². The molecule has 2 aromatic rings. The zero-order valence-electron chi connectivity index (χ0n) is 13.3. The van der Waals surface area contributed by atoms with Crippen molar-refractivity contribution in [3.05, 3.63) is 71.8 Å². The molecule has 1 unspecified atom stereocenters. The summed E-state index contributed by atoms with van der Waals surface area (Å²) in [4.78, 5) is 2.57. The van der Waals surface area contributed by atoms with Gasteiger partial charge in [0.2, 0.25) is 0 Å². The molecule has 0 amide bonds. The highest BCUT2D eigenvalue weighted by molar-refractivity contribution is 5.43. The van der Waals surface area contributed by atoms with Gasteiger partial charge in [-0.15, -0.1) is 0 Å². The quantitative estimate of drug-likeness (QED) is 0.801. The fourth-order valence-corrected chi connectivity index (χ4v) is 4.30. The Bertz CT molecular complexity index is 536. The second-order valence-corrected chi connectivity index (χ2v) is 6.35. The molecule has 1 heteroatoms. The molecule has 0 radical (unpaired) electrons. The first-order valence-corrected chi connectivity index (χ1v) is 8.03. The molecule has 2 aromatic carbocycles. The van der Waals surface area contributed by atoms with Crippen LogP contribution in [0.5, 0.6) is 0 Å². The second-order valence-electron chi connectivity index (χ2n) is 6.35. The molecule has 1 aliphatic rings. The molecule has 0 N–H and O–H groups in total. The lowest BCUT2D eigenvalue weighted by Gasteiger charge is -2.38. The van der Waals surface area contributed by atoms with Crippen LogP contribution in [0.25, 0.3) is 0 Å². The molecule has 1 fully saturated rings. The number of benzene rings is 2. The zero-order valence-corrected chi connectivity index (χ0v) is 13.3. The summed E-state index contributed by atoms with van der Waals surface area (Å²) >= 11 is 0. The van der Waals surface area contributed by atoms with Gasteiger partial charge in [-0.1, -0.05) is 67.6 Å². The Morgan fingerprint density at radius 2 is 1.43 bits per heavy atom. The Morgan fingerprint density at radius 1 is 0.952 bits per heavy atom. The summed E-state index contributed by atoms with van der Waals surface area (Å²) in [5.41, 5.74) is 3.03. The maximum atomic E-state index is 2.57. The van der Waals surface area contributed by atoms with Crippen LogP contribution in [0.1, 0.15) is 37.8 Å². The first-order valence-electron chi connectivity index (χ1n) is 8.03. The van der Waals surface area contributed by atoms with Gasteiger partial charge < -0.3 is 0 Å². The molecule has 1 heterocycles. The van der Waals surface area contributed by atoms with E-state index in [1.165, 1.54) is 24.0 Å². The number of hydrogen-bond donors (Lipinski definition) is 0. The number of likely N-dealkylation sites (tertiary alicyclic amines) is 1. The molecule has 110 valence electrons. The van der Waals surface area contributed by atoms with Crippen LogP contribution < -0.4 is 0 Å². The lowest BCUT2D eigenvalue weighted by Crippen LogP contribution is -2.42. The predicted molar refractivity (Wildman–Crippen MR) is 89.6 cm³/mol. The Kier molecular flexibility index (Phi) is 3.86. The molecule has 0 bridgehead atoms. The Labute approximate surface area is 128 Å². The third-order valence-corrected chi connectivity index (χ3v) is 5.34. The molecule has 1 nitrogen and oxygen atoms in total. The van der Waals surface area contributed by atoms with Crippen LogP contribution in [0.4, 0.5) is 0 Å². The van der Waals surface area contributed by atoms with E-state index in [0.29, 0.717) is 12.1 Å². The van der Waals surface area contributed by atoms with Crippen LogP contribution in [0.2, 0.25) is 0 Å². The van der Waals surface area contributed by atoms with Gasteiger partial charge in [-0.3, -0.25) is 4.90 Å². The van der Waals surface area contributed by atoms with Crippen molar-refractivity contribution in [2.45, 2.75) is 44.2 Å². The monoisotopic (exact) mass is 279 g/mol. The molecule has 0 aliphatic carbocycles. The van der Waals surface area contributed by atoms with Crippen molar-refractivity contribution >= 4 is 0 Å². The highest BCUT2D eigenvalue weighted by atomic mass is 15.2. The standard InChI is InChI=1S/C20H25N/c1-4-19-20(15-16(2)21(19)3,17-11-7-5-8-12-17)18-13-9-6-10-14-18/h5-14,16,19H,4,15H2,1-3H3/t16?,19-/m1/s1. The van der Waals surface area contributed by atoms with Crippen LogP contribution in [0.3, 0.4) is 0 Å². The number of likely N-dealkylation sites (N-methyl/N-ethyl adjacent to an activating group) is 1. The van der Waals surface area contributed by atoms with E-state index in [-0.39, 0.29) is 5.41 Å². The molecule has 0 aromatic heterocycles. The first kappa shape index (κ1) is 14.3. The minimum atomic E-state index is 0.117. The van der Waals surface area contributed by atoms with Crippen molar-refractivity contribution < 1.29 is 0 Å². The Hall–Kier alpha value is -1.60. The molecule has 1 saturated heterocycles. The van der Waals surface area contributed by atoms with Gasteiger partial charge in [0.1, 0.15) is 0 Å². The van der Waals surface area contributed by atoms with Crippen LogP contribution >= 0.6 is 0 Å². The van der Waals surface area contributed by atoms with E-state index in [1.807, 2.05) is 0 Å². The maximum Gasteiger partial charge on any atom is 0.0372 e. The summed E-state index contributed by atoms with van der Waals surface area (Å²) in [5, 5.41) is 0. The summed E-state index contributed by atoms with van der Waals surface area (Å²) in [5.74, 6) is 0. The summed E-state index contributed by atoms with van der Waals surface area (Å²) in [6.07, 6.45) is 2.36. The van der Waals surface area contributed by atoms with Crippen LogP contribution in [0, 0.1) is 0 Å². The smallest absolute Gasteiger partial charge is 0.0372 e. The van der Waals surface area contributed by atoms with E-state index < -0.39 is 0 Å². The van der Waals surface area contributed by atoms with Crippen molar-refractivity contribution in [3.63, 3.8) is 0 Å². The summed E-state index contributed by atoms with van der Waals surface area (Å²) < 4.78 is 0. The van der Waals surface area contributed by atoms with Crippen LogP contribution in [-0.2, 0) is 5.41 Å². The highest BCUT2D eigenvalue weighted by Gasteiger charge is 2.50. The average Bonchev–Trinajstić information content (AvgIpc) is 2.81. The van der Waals surface area contributed by atoms with Crippen molar-refractivity contribution in [3.8, 4) is 0 Å². The van der Waals surface area contributed by atoms with Gasteiger partial charge in [-0.05, 0) is 37.9 Å². The topological polar surface area (TPSA) is 3.24 Å². The van der Waals surface area contributed by atoms with E-state index in [1.54, 1.807) is 0 Å². The maximum absolute atomic E-state index is 2.57. The number of nitrogens with zero attached hydrogens (tertiary/aromatic N) is 1. The van der Waals surface area contributed by atoms with Crippen molar-refractivity contribution in [2.24, 2.45) is 0 Å². The molecule has 0 spiro atoms. The summed E-state index contributed by atoms with van der Waals surface area (Å²) in [6, 6.07) is 23.3. The van der Waals surface area contributed by atoms with E-state index >= 15 is 0 Å². The number of rotatable bonds is 3. The van der Waals surface area contributed by atoms with Gasteiger partial charge in [-0.2, -0.15) is 0 Å². The van der Waals surface area contributed by atoms with Gasteiger partial charge in [-0.25, -0.2) is 0 Å². The molecular weight excluding hydrogens is 254 g/mol. The SMILES string of the molecule is CC[C@H]1N(C)C(C)CC1(c1ccccc1)c1ccccc1. The average molecular weight is 279 g/mol. The van der Waals surface area contributed by atoms with Crippen molar-refractivity contribution in [2.75, 3.05) is 7.05 Å². The molecule has 2 atom stereocenters. The third kappa shape index (κ3) is 2.20. The first-order chi connectivity index (χ1) is 10.2. The van der Waals surface area contributed by atoms with Gasteiger partial charge in [0, 0.05) is 17.5 Å². The van der Waals surface area contributed by atoms with Crippen molar-refractivity contribution in [1.29, 1.82) is 0 Å².